The average molecular weight is 320 g/mol. The molecular weight excluding hydrogens is 300 g/mol. The molecule has 0 aliphatic carbocycles. The van der Waals surface area contributed by atoms with Crippen molar-refractivity contribution in [3.05, 3.63) is 81.1 Å². The van der Waals surface area contributed by atoms with Gasteiger partial charge in [-0.1, -0.05) is 29.8 Å². The number of hydrogen-bond acceptors (Lipinski definition) is 2. The number of fused-ring (bicyclic) bond motifs is 1. The van der Waals surface area contributed by atoms with Crippen LogP contribution in [0.3, 0.4) is 0 Å². The van der Waals surface area contributed by atoms with Crippen LogP contribution in [0.4, 0.5) is 0 Å². The van der Waals surface area contributed by atoms with E-state index < -0.39 is 0 Å². The van der Waals surface area contributed by atoms with Crippen LogP contribution in [0.2, 0.25) is 0 Å². The van der Waals surface area contributed by atoms with Crippen LogP contribution in [0.15, 0.2) is 53.3 Å². The summed E-state index contributed by atoms with van der Waals surface area (Å²) in [5, 5.41) is 3.86. The van der Waals surface area contributed by atoms with E-state index in [0.717, 1.165) is 22.0 Å². The Bertz CT molecular complexity index is 940. The molecule has 1 amide bonds. The van der Waals surface area contributed by atoms with Gasteiger partial charge in [0.25, 0.3) is 11.5 Å². The molecule has 1 aromatic heterocycles. The Morgan fingerprint density at radius 3 is 2.46 bits per heavy atom. The summed E-state index contributed by atoms with van der Waals surface area (Å²) < 4.78 is 0. The number of aromatic amines is 1. The van der Waals surface area contributed by atoms with Crippen LogP contribution in [-0.2, 0) is 6.42 Å². The summed E-state index contributed by atoms with van der Waals surface area (Å²) in [6, 6.07) is 15.3. The van der Waals surface area contributed by atoms with Gasteiger partial charge in [0, 0.05) is 23.2 Å². The topological polar surface area (TPSA) is 62.0 Å². The Kier molecular flexibility index (Phi) is 4.47. The molecule has 0 fully saturated rings. The number of aromatic nitrogens is 1. The Morgan fingerprint density at radius 1 is 1.00 bits per heavy atom. The molecule has 2 aromatic carbocycles. The van der Waals surface area contributed by atoms with Gasteiger partial charge in [-0.15, -0.1) is 0 Å². The fourth-order valence-corrected chi connectivity index (χ4v) is 2.66. The van der Waals surface area contributed by atoms with Crippen molar-refractivity contribution in [2.45, 2.75) is 20.3 Å². The van der Waals surface area contributed by atoms with Crippen molar-refractivity contribution in [2.75, 3.05) is 6.54 Å². The van der Waals surface area contributed by atoms with E-state index in [1.54, 1.807) is 12.1 Å². The average Bonchev–Trinajstić information content (AvgIpc) is 2.56. The van der Waals surface area contributed by atoms with Crippen LogP contribution in [0.25, 0.3) is 10.9 Å². The maximum atomic E-state index is 12.2. The molecule has 4 heteroatoms. The number of rotatable bonds is 4. The van der Waals surface area contributed by atoms with Gasteiger partial charge >= 0.3 is 0 Å². The smallest absolute Gasteiger partial charge is 0.251 e. The van der Waals surface area contributed by atoms with Gasteiger partial charge in [-0.25, -0.2) is 0 Å². The van der Waals surface area contributed by atoms with Crippen LogP contribution in [0.5, 0.6) is 0 Å². The first-order valence-electron chi connectivity index (χ1n) is 8.00. The second kappa shape index (κ2) is 6.71. The number of nitrogens with one attached hydrogen (secondary N) is 2. The van der Waals surface area contributed by atoms with E-state index in [9.17, 15) is 9.59 Å². The highest BCUT2D eigenvalue weighted by Crippen LogP contribution is 2.13. The normalized spacial score (nSPS) is 10.8. The molecule has 0 spiro atoms. The largest absolute Gasteiger partial charge is 0.352 e. The number of aryl methyl sites for hydroxylation is 2. The predicted octanol–water partition coefficient (Wildman–Crippen LogP) is 3.12. The lowest BCUT2D eigenvalue weighted by Crippen LogP contribution is -2.27. The van der Waals surface area contributed by atoms with Gasteiger partial charge in [-0.3, -0.25) is 9.59 Å². The molecule has 4 nitrogen and oxygen atoms in total. The van der Waals surface area contributed by atoms with E-state index >= 15 is 0 Å². The minimum absolute atomic E-state index is 0.0994. The molecule has 0 aliphatic heterocycles. The summed E-state index contributed by atoms with van der Waals surface area (Å²) in [6.45, 7) is 4.40. The van der Waals surface area contributed by atoms with Gasteiger partial charge in [0.05, 0.1) is 0 Å². The minimum atomic E-state index is -0.122. The molecular formula is C20H20N2O2. The van der Waals surface area contributed by atoms with Crippen LogP contribution in [0, 0.1) is 13.8 Å². The first-order chi connectivity index (χ1) is 11.5. The standard InChI is InChI=1S/C20H20N2O2/c1-13-3-6-15(7-4-13)19(23)21-10-9-17-12-16-8-5-14(2)11-18(16)22-20(17)24/h3-8,11-12H,9-10H2,1-2H3,(H,21,23)(H,22,24). The summed E-state index contributed by atoms with van der Waals surface area (Å²) in [5.74, 6) is -0.122. The third-order valence-electron chi connectivity index (χ3n) is 4.07. The highest BCUT2D eigenvalue weighted by molar-refractivity contribution is 5.94. The molecule has 122 valence electrons. The lowest BCUT2D eigenvalue weighted by molar-refractivity contribution is 0.0954. The zero-order valence-corrected chi connectivity index (χ0v) is 13.8. The molecule has 0 saturated carbocycles. The van der Waals surface area contributed by atoms with Crippen LogP contribution in [0.1, 0.15) is 27.0 Å². The Labute approximate surface area is 140 Å². The molecule has 0 radical (unpaired) electrons. The second-order valence-electron chi connectivity index (χ2n) is 6.09. The summed E-state index contributed by atoms with van der Waals surface area (Å²) in [5.41, 5.74) is 4.27. The molecule has 0 atom stereocenters. The molecule has 0 aliphatic rings. The molecule has 0 bridgehead atoms. The summed E-state index contributed by atoms with van der Waals surface area (Å²) in [4.78, 5) is 27.2. The predicted molar refractivity (Wildman–Crippen MR) is 96.5 cm³/mol. The zero-order chi connectivity index (χ0) is 17.1. The highest BCUT2D eigenvalue weighted by Gasteiger charge is 2.07. The van der Waals surface area contributed by atoms with Crippen molar-refractivity contribution in [2.24, 2.45) is 0 Å². The lowest BCUT2D eigenvalue weighted by atomic mass is 10.1. The van der Waals surface area contributed by atoms with Gasteiger partial charge in [0.2, 0.25) is 0 Å². The van der Waals surface area contributed by atoms with E-state index in [1.165, 1.54) is 0 Å². The van der Waals surface area contributed by atoms with Gasteiger partial charge in [-0.05, 0) is 55.5 Å². The van der Waals surface area contributed by atoms with Gasteiger partial charge in [0.15, 0.2) is 0 Å². The van der Waals surface area contributed by atoms with Gasteiger partial charge < -0.3 is 10.3 Å². The first kappa shape index (κ1) is 16.0. The molecule has 3 rings (SSSR count). The molecule has 2 N–H and O–H groups in total. The number of amides is 1. The SMILES string of the molecule is Cc1ccc(C(=O)NCCc2cc3ccc(C)cc3[nH]c2=O)cc1. The lowest BCUT2D eigenvalue weighted by Gasteiger charge is -2.07. The second-order valence-corrected chi connectivity index (χ2v) is 6.09. The number of benzene rings is 2. The van der Waals surface area contributed by atoms with Gasteiger partial charge in [0.1, 0.15) is 0 Å². The van der Waals surface area contributed by atoms with E-state index in [1.807, 2.05) is 50.2 Å². The zero-order valence-electron chi connectivity index (χ0n) is 13.8. The van der Waals surface area contributed by atoms with Crippen molar-refractivity contribution in [1.29, 1.82) is 0 Å². The highest BCUT2D eigenvalue weighted by atomic mass is 16.1. The third-order valence-corrected chi connectivity index (χ3v) is 4.07. The number of carbonyl (C=O) groups excluding carboxylic acids is 1. The Morgan fingerprint density at radius 2 is 1.71 bits per heavy atom. The number of pyridine rings is 1. The van der Waals surface area contributed by atoms with Crippen molar-refractivity contribution in [3.8, 4) is 0 Å². The Balaban J connectivity index is 1.68. The van der Waals surface area contributed by atoms with Crippen molar-refractivity contribution in [3.63, 3.8) is 0 Å². The summed E-state index contributed by atoms with van der Waals surface area (Å²) >= 11 is 0. The van der Waals surface area contributed by atoms with Crippen LogP contribution in [-0.4, -0.2) is 17.4 Å². The number of H-pyrrole nitrogens is 1. The molecule has 24 heavy (non-hydrogen) atoms. The van der Waals surface area contributed by atoms with E-state index in [2.05, 4.69) is 10.3 Å². The quantitative estimate of drug-likeness (QED) is 0.776. The minimum Gasteiger partial charge on any atom is -0.352 e. The monoisotopic (exact) mass is 320 g/mol. The third kappa shape index (κ3) is 3.54. The number of hydrogen-bond donors (Lipinski definition) is 2. The fourth-order valence-electron chi connectivity index (χ4n) is 2.66. The molecule has 0 unspecified atom stereocenters. The molecule has 1 heterocycles. The maximum absolute atomic E-state index is 12.2. The Hall–Kier alpha value is -2.88. The van der Waals surface area contributed by atoms with E-state index in [-0.39, 0.29) is 11.5 Å². The first-order valence-corrected chi connectivity index (χ1v) is 8.00. The van der Waals surface area contributed by atoms with Crippen LogP contribution < -0.4 is 10.9 Å². The summed E-state index contributed by atoms with van der Waals surface area (Å²) in [7, 11) is 0. The summed E-state index contributed by atoms with van der Waals surface area (Å²) in [6.07, 6.45) is 0.497. The fraction of sp³-hybridized carbons (Fsp3) is 0.200. The number of carbonyl (C=O) groups is 1. The van der Waals surface area contributed by atoms with Crippen molar-refractivity contribution < 1.29 is 4.79 Å². The van der Waals surface area contributed by atoms with E-state index in [0.29, 0.717) is 24.1 Å². The van der Waals surface area contributed by atoms with E-state index in [4.69, 9.17) is 0 Å². The molecule has 0 saturated heterocycles. The van der Waals surface area contributed by atoms with Crippen molar-refractivity contribution >= 4 is 16.8 Å². The molecule has 3 aromatic rings. The van der Waals surface area contributed by atoms with Crippen molar-refractivity contribution in [1.82, 2.24) is 10.3 Å². The maximum Gasteiger partial charge on any atom is 0.251 e. The van der Waals surface area contributed by atoms with Crippen LogP contribution >= 0.6 is 0 Å². The van der Waals surface area contributed by atoms with Gasteiger partial charge in [-0.2, -0.15) is 0 Å².